The molecule has 0 bridgehead atoms. The Morgan fingerprint density at radius 1 is 1.12 bits per heavy atom. The zero-order chi connectivity index (χ0) is 17.3. The summed E-state index contributed by atoms with van der Waals surface area (Å²) < 4.78 is 0. The first kappa shape index (κ1) is 16.8. The Hall–Kier alpha value is -0.670. The van der Waals surface area contributed by atoms with Crippen molar-refractivity contribution >= 4 is 5.78 Å². The topological polar surface area (TPSA) is 57.5 Å². The van der Waals surface area contributed by atoms with Gasteiger partial charge in [-0.3, -0.25) is 4.79 Å². The quantitative estimate of drug-likeness (QED) is 0.721. The summed E-state index contributed by atoms with van der Waals surface area (Å²) in [5.41, 5.74) is 0.331. The molecule has 4 aliphatic carbocycles. The summed E-state index contributed by atoms with van der Waals surface area (Å²) in [6.45, 7) is 6.16. The smallest absolute Gasteiger partial charge is 0.161 e. The van der Waals surface area contributed by atoms with E-state index in [4.69, 9.17) is 0 Å². The Morgan fingerprint density at radius 2 is 1.83 bits per heavy atom. The maximum Gasteiger partial charge on any atom is 0.161 e. The number of rotatable bonds is 1. The van der Waals surface area contributed by atoms with Crippen LogP contribution in [0, 0.1) is 28.6 Å². The first-order chi connectivity index (χ1) is 11.2. The lowest BCUT2D eigenvalue weighted by Crippen LogP contribution is -2.56. The van der Waals surface area contributed by atoms with Gasteiger partial charge >= 0.3 is 0 Å². The van der Waals surface area contributed by atoms with Crippen molar-refractivity contribution in [2.24, 2.45) is 28.6 Å². The van der Waals surface area contributed by atoms with E-state index in [9.17, 15) is 15.0 Å². The van der Waals surface area contributed by atoms with Crippen LogP contribution >= 0.6 is 0 Å². The normalized spacial score (nSPS) is 53.6. The molecule has 24 heavy (non-hydrogen) atoms. The van der Waals surface area contributed by atoms with E-state index >= 15 is 0 Å². The van der Waals surface area contributed by atoms with Crippen LogP contribution in [0.5, 0.6) is 0 Å². The van der Waals surface area contributed by atoms with Crippen LogP contribution in [0.4, 0.5) is 0 Å². The van der Waals surface area contributed by atoms with Crippen LogP contribution < -0.4 is 0 Å². The third kappa shape index (κ3) is 1.94. The molecule has 0 amide bonds. The molecule has 0 aliphatic heterocycles. The summed E-state index contributed by atoms with van der Waals surface area (Å²) in [6, 6.07) is 0. The Morgan fingerprint density at radius 3 is 2.54 bits per heavy atom. The lowest BCUT2D eigenvalue weighted by molar-refractivity contribution is -0.159. The average molecular weight is 332 g/mol. The molecule has 1 unspecified atom stereocenters. The largest absolute Gasteiger partial charge is 0.393 e. The fourth-order valence-electron chi connectivity index (χ4n) is 7.24. The lowest BCUT2D eigenvalue weighted by atomic mass is 9.47. The summed E-state index contributed by atoms with van der Waals surface area (Å²) in [6.07, 6.45) is 9.84. The van der Waals surface area contributed by atoms with Crippen LogP contribution in [0.2, 0.25) is 0 Å². The molecule has 0 radical (unpaired) electrons. The SMILES string of the molecule is CC(=O)[C@@]1(O)CCC2[C@@H]3CC=C4C[C@@H](O)CC[C@]4(C)[C@H]3CC[C@@]21C. The van der Waals surface area contributed by atoms with Crippen molar-refractivity contribution in [3.05, 3.63) is 11.6 Å². The molecule has 0 aromatic rings. The molecule has 134 valence electrons. The third-order valence-corrected chi connectivity index (χ3v) is 8.81. The van der Waals surface area contributed by atoms with Gasteiger partial charge in [0, 0.05) is 5.41 Å². The molecule has 4 aliphatic rings. The molecule has 7 atom stereocenters. The molecule has 3 heteroatoms. The van der Waals surface area contributed by atoms with Gasteiger partial charge in [0.05, 0.1) is 6.10 Å². The lowest BCUT2D eigenvalue weighted by Gasteiger charge is -2.58. The molecule has 0 heterocycles. The molecule has 0 spiro atoms. The van der Waals surface area contributed by atoms with Crippen LogP contribution in [0.3, 0.4) is 0 Å². The first-order valence-electron chi connectivity index (χ1n) is 9.83. The molecule has 2 N–H and O–H groups in total. The van der Waals surface area contributed by atoms with Crippen molar-refractivity contribution in [3.63, 3.8) is 0 Å². The predicted octanol–water partition coefficient (Wildman–Crippen LogP) is 3.63. The van der Waals surface area contributed by atoms with E-state index in [0.29, 0.717) is 24.2 Å². The molecule has 0 saturated heterocycles. The molecular formula is C21H32O3. The van der Waals surface area contributed by atoms with E-state index in [-0.39, 0.29) is 22.7 Å². The first-order valence-corrected chi connectivity index (χ1v) is 9.83. The minimum atomic E-state index is -1.11. The standard InChI is InChI=1S/C21H32O3/c1-13(22)21(24)11-8-18-16-5-4-14-12-15(23)6-9-19(14,2)17(16)7-10-20(18,21)3/h4,15-18,23-24H,5-12H2,1-3H3/t15-,16+,17-,18?,19-,20-,21-/m0/s1. The highest BCUT2D eigenvalue weighted by Crippen LogP contribution is 2.67. The Kier molecular flexibility index (Phi) is 3.61. The number of aliphatic hydroxyl groups excluding tert-OH is 1. The van der Waals surface area contributed by atoms with Gasteiger partial charge in [-0.15, -0.1) is 0 Å². The number of aliphatic hydroxyl groups is 2. The number of hydrogen-bond acceptors (Lipinski definition) is 3. The van der Waals surface area contributed by atoms with Crippen LogP contribution in [-0.4, -0.2) is 27.7 Å². The molecular weight excluding hydrogens is 300 g/mol. The number of carbonyl (C=O) groups is 1. The molecule has 0 aromatic heterocycles. The molecule has 3 saturated carbocycles. The second-order valence-corrected chi connectivity index (χ2v) is 9.57. The van der Waals surface area contributed by atoms with E-state index < -0.39 is 5.60 Å². The van der Waals surface area contributed by atoms with E-state index in [1.54, 1.807) is 6.92 Å². The number of ketones is 1. The van der Waals surface area contributed by atoms with Gasteiger partial charge in [-0.05, 0) is 81.5 Å². The fraction of sp³-hybridized carbons (Fsp3) is 0.857. The number of hydrogen-bond donors (Lipinski definition) is 2. The van der Waals surface area contributed by atoms with Gasteiger partial charge in [0.25, 0.3) is 0 Å². The van der Waals surface area contributed by atoms with Crippen LogP contribution in [0.1, 0.15) is 72.1 Å². The Balaban J connectivity index is 1.69. The van der Waals surface area contributed by atoms with E-state index in [1.165, 1.54) is 5.57 Å². The van der Waals surface area contributed by atoms with Gasteiger partial charge in [-0.1, -0.05) is 25.5 Å². The summed E-state index contributed by atoms with van der Waals surface area (Å²) in [5.74, 6) is 1.65. The van der Waals surface area contributed by atoms with Crippen LogP contribution in [-0.2, 0) is 4.79 Å². The van der Waals surface area contributed by atoms with Gasteiger partial charge in [0.2, 0.25) is 0 Å². The monoisotopic (exact) mass is 332 g/mol. The van der Waals surface area contributed by atoms with Crippen molar-refractivity contribution in [3.8, 4) is 0 Å². The second kappa shape index (κ2) is 5.17. The van der Waals surface area contributed by atoms with Crippen molar-refractivity contribution in [1.82, 2.24) is 0 Å². The minimum Gasteiger partial charge on any atom is -0.393 e. The predicted molar refractivity (Wildman–Crippen MR) is 93.3 cm³/mol. The zero-order valence-electron chi connectivity index (χ0n) is 15.3. The molecule has 0 aromatic carbocycles. The van der Waals surface area contributed by atoms with Gasteiger partial charge in [-0.2, -0.15) is 0 Å². The summed E-state index contributed by atoms with van der Waals surface area (Å²) in [5, 5.41) is 21.2. The second-order valence-electron chi connectivity index (χ2n) is 9.57. The van der Waals surface area contributed by atoms with Crippen molar-refractivity contribution in [1.29, 1.82) is 0 Å². The van der Waals surface area contributed by atoms with Crippen molar-refractivity contribution in [2.75, 3.05) is 0 Å². The summed E-state index contributed by atoms with van der Waals surface area (Å²) in [7, 11) is 0. The Labute approximate surface area is 145 Å². The minimum absolute atomic E-state index is 0.0370. The van der Waals surface area contributed by atoms with E-state index in [2.05, 4.69) is 19.9 Å². The molecule has 4 rings (SSSR count). The molecule has 3 nitrogen and oxygen atoms in total. The third-order valence-electron chi connectivity index (χ3n) is 8.81. The summed E-state index contributed by atoms with van der Waals surface area (Å²) in [4.78, 5) is 12.2. The highest BCUT2D eigenvalue weighted by atomic mass is 16.3. The molecule has 3 fully saturated rings. The number of fused-ring (bicyclic) bond motifs is 5. The number of allylic oxidation sites excluding steroid dienone is 1. The highest BCUT2D eigenvalue weighted by molar-refractivity contribution is 5.86. The van der Waals surface area contributed by atoms with E-state index in [1.807, 2.05) is 0 Å². The van der Waals surface area contributed by atoms with Crippen molar-refractivity contribution < 1.29 is 15.0 Å². The van der Waals surface area contributed by atoms with Gasteiger partial charge < -0.3 is 10.2 Å². The highest BCUT2D eigenvalue weighted by Gasteiger charge is 2.65. The maximum absolute atomic E-state index is 12.2. The maximum atomic E-state index is 12.2. The zero-order valence-corrected chi connectivity index (χ0v) is 15.3. The van der Waals surface area contributed by atoms with Gasteiger partial charge in [0.1, 0.15) is 5.60 Å². The average Bonchev–Trinajstić information content (AvgIpc) is 2.81. The summed E-state index contributed by atoms with van der Waals surface area (Å²) >= 11 is 0. The fourth-order valence-corrected chi connectivity index (χ4v) is 7.24. The van der Waals surface area contributed by atoms with Gasteiger partial charge in [0.15, 0.2) is 5.78 Å². The van der Waals surface area contributed by atoms with Crippen molar-refractivity contribution in [2.45, 2.75) is 83.8 Å². The van der Waals surface area contributed by atoms with Crippen LogP contribution in [0.15, 0.2) is 11.6 Å². The Bertz CT molecular complexity index is 596. The van der Waals surface area contributed by atoms with Gasteiger partial charge in [-0.25, -0.2) is 0 Å². The van der Waals surface area contributed by atoms with Crippen LogP contribution in [0.25, 0.3) is 0 Å². The number of Topliss-reactive ketones (excluding diaryl/α,β-unsaturated/α-hetero) is 1. The number of carbonyl (C=O) groups excluding carboxylic acids is 1. The van der Waals surface area contributed by atoms with E-state index in [0.717, 1.165) is 44.9 Å².